The Bertz CT molecular complexity index is 601. The first-order valence-corrected chi connectivity index (χ1v) is 7.90. The summed E-state index contributed by atoms with van der Waals surface area (Å²) < 4.78 is 0. The zero-order valence-corrected chi connectivity index (χ0v) is 12.3. The molecule has 3 aliphatic rings. The number of carbonyl (C=O) groups excluding carboxylic acids is 2. The van der Waals surface area contributed by atoms with E-state index < -0.39 is 0 Å². The van der Waals surface area contributed by atoms with Crippen LogP contribution in [0.1, 0.15) is 31.7 Å². The molecule has 2 unspecified atom stereocenters. The number of nitrogens with zero attached hydrogens (tertiary/aromatic N) is 1. The lowest BCUT2D eigenvalue weighted by atomic mass is 10.00. The van der Waals surface area contributed by atoms with Gasteiger partial charge in [0.2, 0.25) is 11.8 Å². The van der Waals surface area contributed by atoms with Gasteiger partial charge in [0, 0.05) is 12.2 Å². The van der Waals surface area contributed by atoms with E-state index in [0.29, 0.717) is 5.92 Å². The van der Waals surface area contributed by atoms with E-state index in [2.05, 4.69) is 12.2 Å². The van der Waals surface area contributed by atoms with Gasteiger partial charge in [-0.2, -0.15) is 0 Å². The average molecular weight is 284 g/mol. The van der Waals surface area contributed by atoms with Crippen molar-refractivity contribution in [2.45, 2.75) is 32.6 Å². The lowest BCUT2D eigenvalue weighted by Gasteiger charge is -2.22. The number of amides is 2. The van der Waals surface area contributed by atoms with Crippen molar-refractivity contribution in [1.29, 1.82) is 0 Å². The molecule has 2 atom stereocenters. The van der Waals surface area contributed by atoms with Crippen LogP contribution in [0, 0.1) is 17.8 Å². The first-order chi connectivity index (χ1) is 10.1. The summed E-state index contributed by atoms with van der Waals surface area (Å²) in [5.74, 6) is 0.323. The maximum absolute atomic E-state index is 12.6. The molecule has 4 rings (SSSR count). The van der Waals surface area contributed by atoms with E-state index in [1.54, 1.807) is 0 Å². The van der Waals surface area contributed by atoms with Gasteiger partial charge >= 0.3 is 0 Å². The van der Waals surface area contributed by atoms with Gasteiger partial charge in [-0.1, -0.05) is 13.0 Å². The third-order valence-corrected chi connectivity index (χ3v) is 5.16. The fourth-order valence-corrected chi connectivity index (χ4v) is 4.12. The lowest BCUT2D eigenvalue weighted by molar-refractivity contribution is -0.123. The van der Waals surface area contributed by atoms with Crippen LogP contribution >= 0.6 is 0 Å². The molecule has 0 spiro atoms. The van der Waals surface area contributed by atoms with Crippen LogP contribution in [0.3, 0.4) is 0 Å². The third kappa shape index (κ3) is 1.88. The number of imide groups is 1. The normalized spacial score (nSPS) is 31.1. The van der Waals surface area contributed by atoms with Crippen molar-refractivity contribution < 1.29 is 9.59 Å². The van der Waals surface area contributed by atoms with E-state index in [9.17, 15) is 9.59 Å². The molecule has 2 aliphatic heterocycles. The molecule has 2 fully saturated rings. The van der Waals surface area contributed by atoms with Crippen molar-refractivity contribution in [3.63, 3.8) is 0 Å². The molecule has 2 heterocycles. The lowest BCUT2D eigenvalue weighted by Crippen LogP contribution is -2.32. The summed E-state index contributed by atoms with van der Waals surface area (Å²) in [6, 6.07) is 5.94. The van der Waals surface area contributed by atoms with Gasteiger partial charge in [0.05, 0.1) is 17.5 Å². The van der Waals surface area contributed by atoms with E-state index in [-0.39, 0.29) is 23.7 Å². The van der Waals surface area contributed by atoms with Gasteiger partial charge in [-0.05, 0) is 49.3 Å². The van der Waals surface area contributed by atoms with Gasteiger partial charge in [0.1, 0.15) is 0 Å². The minimum Gasteiger partial charge on any atom is -0.385 e. The molecule has 1 aliphatic carbocycles. The minimum atomic E-state index is -0.0866. The molecule has 1 saturated heterocycles. The highest BCUT2D eigenvalue weighted by atomic mass is 16.2. The molecule has 1 aromatic rings. The van der Waals surface area contributed by atoms with Crippen LogP contribution in [0.25, 0.3) is 0 Å². The van der Waals surface area contributed by atoms with Crippen molar-refractivity contribution in [2.75, 3.05) is 16.8 Å². The first kappa shape index (κ1) is 12.9. The largest absolute Gasteiger partial charge is 0.385 e. The van der Waals surface area contributed by atoms with Crippen LogP contribution in [0.2, 0.25) is 0 Å². The molecule has 4 heteroatoms. The second-order valence-corrected chi connectivity index (χ2v) is 6.67. The van der Waals surface area contributed by atoms with Crippen molar-refractivity contribution in [1.82, 2.24) is 0 Å². The van der Waals surface area contributed by atoms with Gasteiger partial charge in [0.25, 0.3) is 0 Å². The molecule has 110 valence electrons. The smallest absolute Gasteiger partial charge is 0.237 e. The van der Waals surface area contributed by atoms with Crippen LogP contribution in [0.5, 0.6) is 0 Å². The summed E-state index contributed by atoms with van der Waals surface area (Å²) in [5, 5.41) is 3.36. The molecule has 2 amide bonds. The van der Waals surface area contributed by atoms with Crippen molar-refractivity contribution in [2.24, 2.45) is 17.8 Å². The van der Waals surface area contributed by atoms with E-state index in [1.807, 2.05) is 18.2 Å². The molecule has 21 heavy (non-hydrogen) atoms. The van der Waals surface area contributed by atoms with Gasteiger partial charge in [-0.25, -0.2) is 4.90 Å². The summed E-state index contributed by atoms with van der Waals surface area (Å²) in [6.07, 6.45) is 3.91. The number of benzene rings is 1. The molecular weight excluding hydrogens is 264 g/mol. The number of rotatable bonds is 1. The molecule has 4 nitrogen and oxygen atoms in total. The molecular formula is C17H20N2O2. The first-order valence-electron chi connectivity index (χ1n) is 7.90. The molecule has 1 aromatic carbocycles. The Labute approximate surface area is 124 Å². The fraction of sp³-hybridized carbons (Fsp3) is 0.529. The number of fused-ring (bicyclic) bond motifs is 2. The van der Waals surface area contributed by atoms with Crippen LogP contribution in [-0.2, 0) is 16.0 Å². The Balaban J connectivity index is 1.68. The molecule has 0 aromatic heterocycles. The average Bonchev–Trinajstić information content (AvgIpc) is 2.97. The number of anilines is 2. The quantitative estimate of drug-likeness (QED) is 0.806. The maximum Gasteiger partial charge on any atom is 0.237 e. The summed E-state index contributed by atoms with van der Waals surface area (Å²) in [7, 11) is 0. The van der Waals surface area contributed by atoms with Crippen molar-refractivity contribution in [3.8, 4) is 0 Å². The Morgan fingerprint density at radius 3 is 2.57 bits per heavy atom. The summed E-state index contributed by atoms with van der Waals surface area (Å²) in [4.78, 5) is 26.6. The third-order valence-electron chi connectivity index (χ3n) is 5.16. The summed E-state index contributed by atoms with van der Waals surface area (Å²) in [5.41, 5.74) is 3.09. The number of nitrogens with one attached hydrogen (secondary N) is 1. The van der Waals surface area contributed by atoms with E-state index in [4.69, 9.17) is 0 Å². The van der Waals surface area contributed by atoms with E-state index in [0.717, 1.165) is 43.6 Å². The van der Waals surface area contributed by atoms with Gasteiger partial charge in [0.15, 0.2) is 0 Å². The molecule has 0 radical (unpaired) electrons. The zero-order valence-electron chi connectivity index (χ0n) is 12.3. The van der Waals surface area contributed by atoms with Crippen LogP contribution in [-0.4, -0.2) is 18.4 Å². The van der Waals surface area contributed by atoms with Gasteiger partial charge < -0.3 is 5.32 Å². The highest BCUT2D eigenvalue weighted by Crippen LogP contribution is 2.44. The number of carbonyl (C=O) groups is 2. The second kappa shape index (κ2) is 4.58. The second-order valence-electron chi connectivity index (χ2n) is 6.67. The summed E-state index contributed by atoms with van der Waals surface area (Å²) >= 11 is 0. The maximum atomic E-state index is 12.6. The zero-order chi connectivity index (χ0) is 14.6. The topological polar surface area (TPSA) is 49.4 Å². The van der Waals surface area contributed by atoms with E-state index >= 15 is 0 Å². The Hall–Kier alpha value is -1.84. The van der Waals surface area contributed by atoms with Crippen LogP contribution < -0.4 is 10.2 Å². The summed E-state index contributed by atoms with van der Waals surface area (Å²) in [6.45, 7) is 3.09. The van der Waals surface area contributed by atoms with Gasteiger partial charge in [-0.15, -0.1) is 0 Å². The van der Waals surface area contributed by atoms with Crippen LogP contribution in [0.15, 0.2) is 18.2 Å². The number of aryl methyl sites for hydroxylation is 1. The molecule has 1 saturated carbocycles. The molecule has 1 N–H and O–H groups in total. The standard InChI is InChI=1S/C17H20N2O2/c1-10-7-13-14(8-10)17(21)19(16(13)20)12-5-4-11-3-2-6-18-15(11)9-12/h4-5,9-10,13-14,18H,2-3,6-8H2,1H3. The van der Waals surface area contributed by atoms with Crippen molar-refractivity contribution in [3.05, 3.63) is 23.8 Å². The van der Waals surface area contributed by atoms with Crippen LogP contribution in [0.4, 0.5) is 11.4 Å². The SMILES string of the molecule is CC1CC2C(=O)N(c3ccc4c(c3)NCCC4)C(=O)C2C1. The Morgan fingerprint density at radius 1 is 1.14 bits per heavy atom. The predicted octanol–water partition coefficient (Wildman–Crippen LogP) is 2.58. The highest BCUT2D eigenvalue weighted by Gasteiger charge is 2.52. The van der Waals surface area contributed by atoms with E-state index in [1.165, 1.54) is 10.5 Å². The number of hydrogen-bond acceptors (Lipinski definition) is 3. The minimum absolute atomic E-state index is 0.00473. The monoisotopic (exact) mass is 284 g/mol. The van der Waals surface area contributed by atoms with Crippen molar-refractivity contribution >= 4 is 23.2 Å². The molecule has 0 bridgehead atoms. The Kier molecular flexibility index (Phi) is 2.81. The predicted molar refractivity (Wildman–Crippen MR) is 81.1 cm³/mol. The Morgan fingerprint density at radius 2 is 1.86 bits per heavy atom. The van der Waals surface area contributed by atoms with Gasteiger partial charge in [-0.3, -0.25) is 9.59 Å². The highest BCUT2D eigenvalue weighted by molar-refractivity contribution is 6.22. The fourth-order valence-electron chi connectivity index (χ4n) is 4.12. The number of hydrogen-bond donors (Lipinski definition) is 1.